The summed E-state index contributed by atoms with van der Waals surface area (Å²) in [5, 5.41) is 8.89. The highest BCUT2D eigenvalue weighted by Gasteiger charge is 2.09. The molecule has 1 aromatic carbocycles. The number of hydrogen-bond acceptors (Lipinski definition) is 3. The van der Waals surface area contributed by atoms with Crippen molar-refractivity contribution in [1.82, 2.24) is 0 Å². The molecule has 0 atom stereocenters. The van der Waals surface area contributed by atoms with Crippen molar-refractivity contribution in [3.05, 3.63) is 36.4 Å². The summed E-state index contributed by atoms with van der Waals surface area (Å²) < 4.78 is 10.7. The van der Waals surface area contributed by atoms with E-state index < -0.39 is 5.97 Å². The Balaban J connectivity index is 2.49. The fraction of sp³-hybridized carbons (Fsp3) is 0.400. The van der Waals surface area contributed by atoms with E-state index in [1.54, 1.807) is 6.07 Å². The van der Waals surface area contributed by atoms with Crippen LogP contribution >= 0.6 is 0 Å². The predicted octanol–water partition coefficient (Wildman–Crippen LogP) is 3.52. The van der Waals surface area contributed by atoms with Crippen molar-refractivity contribution in [2.24, 2.45) is 0 Å². The van der Waals surface area contributed by atoms with E-state index in [4.69, 9.17) is 14.6 Å². The Morgan fingerprint density at radius 1 is 1.32 bits per heavy atom. The van der Waals surface area contributed by atoms with Gasteiger partial charge in [0.1, 0.15) is 0 Å². The molecule has 1 N–H and O–H groups in total. The molecule has 0 aliphatic heterocycles. The Bertz CT molecular complexity index is 426. The van der Waals surface area contributed by atoms with Gasteiger partial charge in [-0.1, -0.05) is 6.08 Å². The van der Waals surface area contributed by atoms with Gasteiger partial charge in [-0.2, -0.15) is 0 Å². The summed E-state index contributed by atoms with van der Waals surface area (Å²) in [6.07, 6.45) is 6.09. The second-order valence-corrected chi connectivity index (χ2v) is 4.16. The maximum absolute atomic E-state index is 10.8. The van der Waals surface area contributed by atoms with Crippen LogP contribution < -0.4 is 9.47 Å². The van der Waals surface area contributed by atoms with Crippen LogP contribution in [-0.4, -0.2) is 24.8 Å². The fourth-order valence-corrected chi connectivity index (χ4v) is 1.67. The third-order valence-corrected chi connectivity index (χ3v) is 2.72. The quantitative estimate of drug-likeness (QED) is 0.547. The second-order valence-electron chi connectivity index (χ2n) is 4.16. The van der Waals surface area contributed by atoms with Crippen LogP contribution in [0.2, 0.25) is 0 Å². The van der Waals surface area contributed by atoms with Gasteiger partial charge in [0.25, 0.3) is 0 Å². The summed E-state index contributed by atoms with van der Waals surface area (Å²) in [5.41, 5.74) is 0.190. The number of hydrogen-bond donors (Lipinski definition) is 1. The van der Waals surface area contributed by atoms with Crippen LogP contribution in [0.4, 0.5) is 0 Å². The molecule has 0 heterocycles. The van der Waals surface area contributed by atoms with Gasteiger partial charge in [-0.25, -0.2) is 4.79 Å². The van der Waals surface area contributed by atoms with Crippen LogP contribution in [0.5, 0.6) is 11.5 Å². The van der Waals surface area contributed by atoms with Gasteiger partial charge in [0.2, 0.25) is 0 Å². The Labute approximate surface area is 113 Å². The molecule has 0 saturated heterocycles. The summed E-state index contributed by atoms with van der Waals surface area (Å²) in [7, 11) is 1.50. The summed E-state index contributed by atoms with van der Waals surface area (Å²) in [6.45, 7) is 4.27. The minimum absolute atomic E-state index is 0.190. The van der Waals surface area contributed by atoms with Gasteiger partial charge in [0.15, 0.2) is 11.5 Å². The number of carboxylic acids is 1. The number of carbonyl (C=O) groups is 1. The van der Waals surface area contributed by atoms with Crippen molar-refractivity contribution < 1.29 is 19.4 Å². The molecule has 0 aliphatic rings. The van der Waals surface area contributed by atoms with Gasteiger partial charge >= 0.3 is 5.97 Å². The Morgan fingerprint density at radius 2 is 2.11 bits per heavy atom. The number of ether oxygens (including phenoxy) is 2. The van der Waals surface area contributed by atoms with Crippen LogP contribution in [0, 0.1) is 0 Å². The Kier molecular flexibility index (Phi) is 6.50. The van der Waals surface area contributed by atoms with E-state index >= 15 is 0 Å². The van der Waals surface area contributed by atoms with Crippen LogP contribution in [0.15, 0.2) is 30.9 Å². The highest BCUT2D eigenvalue weighted by Crippen LogP contribution is 2.28. The molecule has 0 fully saturated rings. The summed E-state index contributed by atoms with van der Waals surface area (Å²) in [6, 6.07) is 4.61. The highest BCUT2D eigenvalue weighted by molar-refractivity contribution is 5.88. The number of methoxy groups -OCH3 is 1. The maximum Gasteiger partial charge on any atom is 0.335 e. The van der Waals surface area contributed by atoms with Gasteiger partial charge < -0.3 is 14.6 Å². The zero-order valence-electron chi connectivity index (χ0n) is 11.2. The first-order valence-electron chi connectivity index (χ1n) is 6.34. The van der Waals surface area contributed by atoms with Crippen molar-refractivity contribution in [2.75, 3.05) is 13.7 Å². The van der Waals surface area contributed by atoms with E-state index in [1.165, 1.54) is 19.2 Å². The summed E-state index contributed by atoms with van der Waals surface area (Å²) in [4.78, 5) is 10.8. The molecule has 0 unspecified atom stereocenters. The molecule has 4 nitrogen and oxygen atoms in total. The molecule has 0 radical (unpaired) electrons. The van der Waals surface area contributed by atoms with Crippen molar-refractivity contribution in [3.8, 4) is 11.5 Å². The van der Waals surface area contributed by atoms with Crippen LogP contribution in [0.1, 0.15) is 36.0 Å². The Morgan fingerprint density at radius 3 is 2.74 bits per heavy atom. The largest absolute Gasteiger partial charge is 0.493 e. The maximum atomic E-state index is 10.8. The van der Waals surface area contributed by atoms with Gasteiger partial charge in [0.05, 0.1) is 19.3 Å². The van der Waals surface area contributed by atoms with Gasteiger partial charge in [-0.05, 0) is 43.9 Å². The van der Waals surface area contributed by atoms with E-state index in [1.807, 2.05) is 6.08 Å². The molecule has 0 aliphatic carbocycles. The number of allylic oxidation sites excluding steroid dienone is 1. The molecule has 0 bridgehead atoms. The minimum Gasteiger partial charge on any atom is -0.493 e. The van der Waals surface area contributed by atoms with E-state index in [9.17, 15) is 4.79 Å². The van der Waals surface area contributed by atoms with Gasteiger partial charge in [-0.15, -0.1) is 6.58 Å². The molecule has 0 aromatic heterocycles. The third-order valence-electron chi connectivity index (χ3n) is 2.72. The first-order chi connectivity index (χ1) is 9.19. The highest BCUT2D eigenvalue weighted by atomic mass is 16.5. The minimum atomic E-state index is -0.978. The van der Waals surface area contributed by atoms with E-state index in [2.05, 4.69) is 6.58 Å². The Hall–Kier alpha value is -1.97. The SMILES string of the molecule is C=CCCCCCOc1ccc(C(=O)O)cc1OC. The average Bonchev–Trinajstić information content (AvgIpc) is 2.42. The molecule has 104 valence electrons. The predicted molar refractivity (Wildman–Crippen MR) is 74.1 cm³/mol. The van der Waals surface area contributed by atoms with Crippen molar-refractivity contribution >= 4 is 5.97 Å². The zero-order valence-corrected chi connectivity index (χ0v) is 11.2. The number of aromatic carboxylic acids is 1. The fourth-order valence-electron chi connectivity index (χ4n) is 1.67. The third kappa shape index (κ3) is 5.04. The molecular weight excluding hydrogens is 244 g/mol. The molecule has 0 spiro atoms. The normalized spacial score (nSPS) is 9.95. The molecule has 1 aromatic rings. The van der Waals surface area contributed by atoms with Crippen molar-refractivity contribution in [3.63, 3.8) is 0 Å². The van der Waals surface area contributed by atoms with Crippen molar-refractivity contribution in [2.45, 2.75) is 25.7 Å². The molecule has 0 saturated carbocycles. The second kappa shape index (κ2) is 8.19. The average molecular weight is 264 g/mol. The molecule has 19 heavy (non-hydrogen) atoms. The van der Waals surface area contributed by atoms with Crippen molar-refractivity contribution in [1.29, 1.82) is 0 Å². The standard InChI is InChI=1S/C15H20O4/c1-3-4-5-6-7-10-19-13-9-8-12(15(16)17)11-14(13)18-2/h3,8-9,11H,1,4-7,10H2,2H3,(H,16,17). The lowest BCUT2D eigenvalue weighted by atomic mass is 10.2. The lowest BCUT2D eigenvalue weighted by Gasteiger charge is -2.11. The molecule has 1 rings (SSSR count). The summed E-state index contributed by atoms with van der Waals surface area (Å²) in [5.74, 6) is 0.0523. The van der Waals surface area contributed by atoms with Crippen LogP contribution in [0.25, 0.3) is 0 Å². The molecular formula is C15H20O4. The number of unbranched alkanes of at least 4 members (excludes halogenated alkanes) is 3. The number of carboxylic acid groups (broad SMARTS) is 1. The lowest BCUT2D eigenvalue weighted by Crippen LogP contribution is -2.02. The first kappa shape index (κ1) is 15.1. The lowest BCUT2D eigenvalue weighted by molar-refractivity contribution is 0.0696. The van der Waals surface area contributed by atoms with Gasteiger partial charge in [0, 0.05) is 0 Å². The monoisotopic (exact) mass is 264 g/mol. The number of benzene rings is 1. The molecule has 4 heteroatoms. The van der Waals surface area contributed by atoms with Gasteiger partial charge in [-0.3, -0.25) is 0 Å². The smallest absolute Gasteiger partial charge is 0.335 e. The van der Waals surface area contributed by atoms with Crippen LogP contribution in [-0.2, 0) is 0 Å². The van der Waals surface area contributed by atoms with E-state index in [-0.39, 0.29) is 5.56 Å². The summed E-state index contributed by atoms with van der Waals surface area (Å²) >= 11 is 0. The first-order valence-corrected chi connectivity index (χ1v) is 6.34. The zero-order chi connectivity index (χ0) is 14.1. The van der Waals surface area contributed by atoms with Crippen LogP contribution in [0.3, 0.4) is 0 Å². The molecule has 0 amide bonds. The van der Waals surface area contributed by atoms with E-state index in [0.29, 0.717) is 18.1 Å². The van der Waals surface area contributed by atoms with E-state index in [0.717, 1.165) is 25.7 Å². The number of rotatable bonds is 9. The topological polar surface area (TPSA) is 55.8 Å².